The summed E-state index contributed by atoms with van der Waals surface area (Å²) in [7, 11) is 3.78. The molecule has 0 bridgehead atoms. The van der Waals surface area contributed by atoms with E-state index in [1.54, 1.807) is 18.4 Å². The van der Waals surface area contributed by atoms with Crippen LogP contribution in [0.25, 0.3) is 0 Å². The van der Waals surface area contributed by atoms with Crippen LogP contribution in [-0.2, 0) is 4.74 Å². The van der Waals surface area contributed by atoms with Gasteiger partial charge in [0.05, 0.1) is 6.10 Å². The van der Waals surface area contributed by atoms with E-state index >= 15 is 0 Å². The third-order valence-corrected chi connectivity index (χ3v) is 4.66. The average Bonchev–Trinajstić information content (AvgIpc) is 2.87. The van der Waals surface area contributed by atoms with Crippen LogP contribution in [0.3, 0.4) is 0 Å². The molecule has 4 nitrogen and oxygen atoms in total. The molecule has 1 aliphatic heterocycles. The number of ether oxygens (including phenoxy) is 1. The number of hydrogen-bond donors (Lipinski definition) is 1. The van der Waals surface area contributed by atoms with Crippen molar-refractivity contribution in [3.8, 4) is 0 Å². The SMILES string of the molecule is CNC(C)c1cnc(N2CCC(OC)CC2)s1. The first-order chi connectivity index (χ1) is 8.24. The molecule has 1 fully saturated rings. The van der Waals surface area contributed by atoms with Crippen molar-refractivity contribution in [1.29, 1.82) is 0 Å². The zero-order valence-electron chi connectivity index (χ0n) is 10.8. The third kappa shape index (κ3) is 2.97. The molecule has 96 valence electrons. The molecule has 2 rings (SSSR count). The fourth-order valence-electron chi connectivity index (χ4n) is 2.05. The number of nitrogens with one attached hydrogen (secondary N) is 1. The van der Waals surface area contributed by atoms with Gasteiger partial charge in [0.15, 0.2) is 5.13 Å². The van der Waals surface area contributed by atoms with E-state index in [0.29, 0.717) is 12.1 Å². The third-order valence-electron chi connectivity index (χ3n) is 3.42. The summed E-state index contributed by atoms with van der Waals surface area (Å²) < 4.78 is 5.38. The van der Waals surface area contributed by atoms with Gasteiger partial charge in [0.1, 0.15) is 0 Å². The topological polar surface area (TPSA) is 37.4 Å². The predicted octanol–water partition coefficient (Wildman–Crippen LogP) is 2.04. The van der Waals surface area contributed by atoms with Crippen molar-refractivity contribution in [3.05, 3.63) is 11.1 Å². The quantitative estimate of drug-likeness (QED) is 0.893. The number of thiazole rings is 1. The molecule has 1 aromatic heterocycles. The van der Waals surface area contributed by atoms with E-state index in [2.05, 4.69) is 22.1 Å². The van der Waals surface area contributed by atoms with Crippen molar-refractivity contribution in [1.82, 2.24) is 10.3 Å². The molecule has 1 unspecified atom stereocenters. The van der Waals surface area contributed by atoms with Gasteiger partial charge in [0.25, 0.3) is 0 Å². The summed E-state index contributed by atoms with van der Waals surface area (Å²) in [6.07, 6.45) is 4.63. The van der Waals surface area contributed by atoms with Crippen LogP contribution in [0.15, 0.2) is 6.20 Å². The smallest absolute Gasteiger partial charge is 0.185 e. The van der Waals surface area contributed by atoms with Gasteiger partial charge in [-0.05, 0) is 26.8 Å². The number of aromatic nitrogens is 1. The Balaban J connectivity index is 1.97. The second-order valence-corrected chi connectivity index (χ2v) is 5.52. The van der Waals surface area contributed by atoms with Crippen molar-refractivity contribution in [2.75, 3.05) is 32.1 Å². The lowest BCUT2D eigenvalue weighted by Crippen LogP contribution is -2.36. The Morgan fingerprint density at radius 2 is 2.24 bits per heavy atom. The van der Waals surface area contributed by atoms with Gasteiger partial charge < -0.3 is 15.0 Å². The second kappa shape index (κ2) is 5.80. The molecule has 0 aromatic carbocycles. The highest BCUT2D eigenvalue weighted by molar-refractivity contribution is 7.15. The first-order valence-corrected chi connectivity index (χ1v) is 6.97. The van der Waals surface area contributed by atoms with Gasteiger partial charge in [-0.15, -0.1) is 11.3 Å². The zero-order valence-corrected chi connectivity index (χ0v) is 11.6. The highest BCUT2D eigenvalue weighted by atomic mass is 32.1. The van der Waals surface area contributed by atoms with Gasteiger partial charge in [-0.2, -0.15) is 0 Å². The van der Waals surface area contributed by atoms with Crippen LogP contribution in [0.4, 0.5) is 5.13 Å². The van der Waals surface area contributed by atoms with E-state index in [4.69, 9.17) is 4.74 Å². The first kappa shape index (κ1) is 12.8. The van der Waals surface area contributed by atoms with Gasteiger partial charge in [-0.1, -0.05) is 0 Å². The maximum Gasteiger partial charge on any atom is 0.185 e. The molecule has 0 spiro atoms. The number of methoxy groups -OCH3 is 1. The fraction of sp³-hybridized carbons (Fsp3) is 0.750. The Morgan fingerprint density at radius 3 is 2.82 bits per heavy atom. The lowest BCUT2D eigenvalue weighted by atomic mass is 10.1. The minimum Gasteiger partial charge on any atom is -0.381 e. The number of anilines is 1. The molecule has 0 aliphatic carbocycles. The molecule has 2 heterocycles. The molecule has 17 heavy (non-hydrogen) atoms. The molecule has 1 aromatic rings. The molecule has 1 N–H and O–H groups in total. The van der Waals surface area contributed by atoms with Gasteiger partial charge in [0, 0.05) is 37.3 Å². The minimum atomic E-state index is 0.387. The highest BCUT2D eigenvalue weighted by Crippen LogP contribution is 2.29. The van der Waals surface area contributed by atoms with Crippen LogP contribution in [0, 0.1) is 0 Å². The Labute approximate surface area is 107 Å². The maximum atomic E-state index is 5.38. The molecule has 0 saturated carbocycles. The number of nitrogens with zero attached hydrogens (tertiary/aromatic N) is 2. The Hall–Kier alpha value is -0.650. The molecule has 0 amide bonds. The van der Waals surface area contributed by atoms with Crippen LogP contribution in [0.5, 0.6) is 0 Å². The normalized spacial score (nSPS) is 19.6. The van der Waals surface area contributed by atoms with E-state index < -0.39 is 0 Å². The molecular weight excluding hydrogens is 234 g/mol. The summed E-state index contributed by atoms with van der Waals surface area (Å²) in [6, 6.07) is 0.387. The summed E-state index contributed by atoms with van der Waals surface area (Å²) in [5.41, 5.74) is 0. The van der Waals surface area contributed by atoms with Crippen molar-refractivity contribution >= 4 is 16.5 Å². The highest BCUT2D eigenvalue weighted by Gasteiger charge is 2.21. The van der Waals surface area contributed by atoms with E-state index in [1.165, 1.54) is 4.88 Å². The van der Waals surface area contributed by atoms with E-state index in [1.807, 2.05) is 13.2 Å². The summed E-state index contributed by atoms with van der Waals surface area (Å²) in [5.74, 6) is 0. The lowest BCUT2D eigenvalue weighted by Gasteiger charge is -2.30. The van der Waals surface area contributed by atoms with E-state index in [9.17, 15) is 0 Å². The maximum absolute atomic E-state index is 5.38. The molecule has 5 heteroatoms. The molecule has 1 saturated heterocycles. The van der Waals surface area contributed by atoms with Gasteiger partial charge in [-0.25, -0.2) is 4.98 Å². The van der Waals surface area contributed by atoms with Gasteiger partial charge in [-0.3, -0.25) is 0 Å². The van der Waals surface area contributed by atoms with Gasteiger partial charge in [0.2, 0.25) is 0 Å². The number of hydrogen-bond acceptors (Lipinski definition) is 5. The van der Waals surface area contributed by atoms with Crippen LogP contribution < -0.4 is 10.2 Å². The standard InChI is InChI=1S/C12H21N3OS/c1-9(13-2)11-8-14-12(17-11)15-6-4-10(16-3)5-7-15/h8-10,13H,4-7H2,1-3H3. The largest absolute Gasteiger partial charge is 0.381 e. The summed E-state index contributed by atoms with van der Waals surface area (Å²) in [6.45, 7) is 4.27. The summed E-state index contributed by atoms with van der Waals surface area (Å²) in [5, 5.41) is 4.40. The van der Waals surface area contributed by atoms with Crippen molar-refractivity contribution in [2.45, 2.75) is 31.9 Å². The molecular formula is C12H21N3OS. The van der Waals surface area contributed by atoms with Crippen molar-refractivity contribution < 1.29 is 4.74 Å². The summed E-state index contributed by atoms with van der Waals surface area (Å²) in [4.78, 5) is 8.19. The van der Waals surface area contributed by atoms with Crippen LogP contribution in [0.2, 0.25) is 0 Å². The monoisotopic (exact) mass is 255 g/mol. The Morgan fingerprint density at radius 1 is 1.53 bits per heavy atom. The van der Waals surface area contributed by atoms with Crippen molar-refractivity contribution in [3.63, 3.8) is 0 Å². The van der Waals surface area contributed by atoms with E-state index in [-0.39, 0.29) is 0 Å². The van der Waals surface area contributed by atoms with Crippen molar-refractivity contribution in [2.24, 2.45) is 0 Å². The van der Waals surface area contributed by atoms with Gasteiger partial charge >= 0.3 is 0 Å². The molecule has 0 radical (unpaired) electrons. The van der Waals surface area contributed by atoms with E-state index in [0.717, 1.165) is 31.1 Å². The minimum absolute atomic E-state index is 0.387. The first-order valence-electron chi connectivity index (χ1n) is 6.15. The number of rotatable bonds is 4. The molecule has 1 aliphatic rings. The summed E-state index contributed by atoms with van der Waals surface area (Å²) >= 11 is 1.79. The zero-order chi connectivity index (χ0) is 12.3. The predicted molar refractivity (Wildman–Crippen MR) is 71.8 cm³/mol. The Kier molecular flexibility index (Phi) is 4.36. The number of piperidine rings is 1. The fourth-order valence-corrected chi connectivity index (χ4v) is 3.08. The molecule has 1 atom stereocenters. The van der Waals surface area contributed by atoms with Crippen LogP contribution >= 0.6 is 11.3 Å². The van der Waals surface area contributed by atoms with Crippen LogP contribution in [0.1, 0.15) is 30.7 Å². The average molecular weight is 255 g/mol. The lowest BCUT2D eigenvalue weighted by molar-refractivity contribution is 0.0819. The second-order valence-electron chi connectivity index (χ2n) is 4.48. The Bertz CT molecular complexity index is 347. The van der Waals surface area contributed by atoms with Crippen LogP contribution in [-0.4, -0.2) is 38.3 Å².